The molecule has 0 saturated heterocycles. The van der Waals surface area contributed by atoms with Crippen molar-refractivity contribution in [3.05, 3.63) is 0 Å². The molecule has 4 nitrogen and oxygen atoms in total. The van der Waals surface area contributed by atoms with Crippen molar-refractivity contribution in [1.82, 2.24) is 0 Å². The third kappa shape index (κ3) is 4.89. The van der Waals surface area contributed by atoms with Crippen molar-refractivity contribution < 1.29 is 19.8 Å². The van der Waals surface area contributed by atoms with Crippen LogP contribution in [0.25, 0.3) is 0 Å². The summed E-state index contributed by atoms with van der Waals surface area (Å²) in [6.07, 6.45) is 3.78. The van der Waals surface area contributed by atoms with Crippen molar-refractivity contribution in [2.24, 2.45) is 10.8 Å². The standard InChI is InChI=1S/C13H24O4.Ba.2H/c1-5-6-7-8-9-13(10(14)15,11(16)17)12(2,3)4;;;/h5-9H2,1-4H3,(H,14,15)(H,16,17);;;. The van der Waals surface area contributed by atoms with Crippen molar-refractivity contribution in [1.29, 1.82) is 0 Å². The van der Waals surface area contributed by atoms with Crippen LogP contribution < -0.4 is 0 Å². The molecular formula is C13H26BaO4. The van der Waals surface area contributed by atoms with Crippen LogP contribution in [-0.2, 0) is 9.59 Å². The van der Waals surface area contributed by atoms with Gasteiger partial charge in [0, 0.05) is 0 Å². The van der Waals surface area contributed by atoms with Crippen LogP contribution in [0.4, 0.5) is 0 Å². The Balaban J connectivity index is 0. The summed E-state index contributed by atoms with van der Waals surface area (Å²) < 4.78 is 0. The van der Waals surface area contributed by atoms with E-state index in [2.05, 4.69) is 6.92 Å². The molecule has 0 fully saturated rings. The van der Waals surface area contributed by atoms with Crippen molar-refractivity contribution in [2.75, 3.05) is 0 Å². The Morgan fingerprint density at radius 3 is 1.67 bits per heavy atom. The molecule has 5 heteroatoms. The molecule has 2 N–H and O–H groups in total. The first-order valence-electron chi connectivity index (χ1n) is 6.17. The molecule has 0 saturated carbocycles. The van der Waals surface area contributed by atoms with Gasteiger partial charge in [0.1, 0.15) is 0 Å². The average Bonchev–Trinajstić information content (AvgIpc) is 2.14. The molecule has 0 heterocycles. The molecule has 0 aromatic rings. The molecule has 0 atom stereocenters. The Morgan fingerprint density at radius 2 is 1.39 bits per heavy atom. The van der Waals surface area contributed by atoms with E-state index in [1.165, 1.54) is 0 Å². The average molecular weight is 384 g/mol. The predicted octanol–water partition coefficient (Wildman–Crippen LogP) is 2.24. The molecule has 0 aliphatic carbocycles. The van der Waals surface area contributed by atoms with Crippen LogP contribution >= 0.6 is 0 Å². The number of carboxylic acid groups (broad SMARTS) is 2. The molecule has 0 amide bonds. The van der Waals surface area contributed by atoms with Gasteiger partial charge >= 0.3 is 60.8 Å². The molecule has 0 aromatic carbocycles. The van der Waals surface area contributed by atoms with Gasteiger partial charge in [-0.25, -0.2) is 0 Å². The van der Waals surface area contributed by atoms with Crippen LogP contribution in [0.3, 0.4) is 0 Å². The second-order valence-corrected chi connectivity index (χ2v) is 5.58. The fraction of sp³-hybridized carbons (Fsp3) is 0.846. The summed E-state index contributed by atoms with van der Waals surface area (Å²) in [7, 11) is 0. The monoisotopic (exact) mass is 384 g/mol. The second kappa shape index (κ2) is 8.64. The second-order valence-electron chi connectivity index (χ2n) is 5.58. The summed E-state index contributed by atoms with van der Waals surface area (Å²) in [6.45, 7) is 7.09. The van der Waals surface area contributed by atoms with E-state index in [0.717, 1.165) is 19.3 Å². The van der Waals surface area contributed by atoms with Gasteiger partial charge in [0.05, 0.1) is 0 Å². The Kier molecular flexibility index (Phi) is 9.99. The molecule has 104 valence electrons. The number of unbranched alkanes of at least 4 members (excludes halogenated alkanes) is 3. The molecule has 0 radical (unpaired) electrons. The molecule has 0 spiro atoms. The zero-order valence-corrected chi connectivity index (χ0v) is 11.2. The maximum absolute atomic E-state index is 11.4. The summed E-state index contributed by atoms with van der Waals surface area (Å²) in [5.41, 5.74) is -2.47. The van der Waals surface area contributed by atoms with Crippen molar-refractivity contribution >= 4 is 60.8 Å². The fourth-order valence-corrected chi connectivity index (χ4v) is 2.14. The van der Waals surface area contributed by atoms with Gasteiger partial charge in [0.25, 0.3) is 0 Å². The van der Waals surface area contributed by atoms with Gasteiger partial charge in [-0.1, -0.05) is 53.4 Å². The maximum atomic E-state index is 11.4. The van der Waals surface area contributed by atoms with Gasteiger partial charge in [-0.15, -0.1) is 0 Å². The first kappa shape index (κ1) is 20.8. The number of hydrogen-bond donors (Lipinski definition) is 2. The van der Waals surface area contributed by atoms with E-state index in [9.17, 15) is 19.8 Å². The topological polar surface area (TPSA) is 74.6 Å². The summed E-state index contributed by atoms with van der Waals surface area (Å²) in [5.74, 6) is -2.46. The van der Waals surface area contributed by atoms with Gasteiger partial charge in [0.15, 0.2) is 5.41 Å². The van der Waals surface area contributed by atoms with E-state index >= 15 is 0 Å². The molecule has 18 heavy (non-hydrogen) atoms. The zero-order valence-electron chi connectivity index (χ0n) is 11.2. The van der Waals surface area contributed by atoms with Crippen LogP contribution in [0.5, 0.6) is 0 Å². The van der Waals surface area contributed by atoms with Gasteiger partial charge in [-0.3, -0.25) is 9.59 Å². The number of rotatable bonds is 7. The van der Waals surface area contributed by atoms with Crippen LogP contribution in [0.2, 0.25) is 0 Å². The summed E-state index contributed by atoms with van der Waals surface area (Å²) in [6, 6.07) is 0. The van der Waals surface area contributed by atoms with Crippen LogP contribution in [0.15, 0.2) is 0 Å². The number of hydrogen-bond acceptors (Lipinski definition) is 2. The fourth-order valence-electron chi connectivity index (χ4n) is 2.14. The zero-order chi connectivity index (χ0) is 13.7. The normalized spacial score (nSPS) is 11.8. The van der Waals surface area contributed by atoms with E-state index < -0.39 is 22.8 Å². The SMILES string of the molecule is CCCCCCC(C(=O)O)(C(=O)O)C(C)(C)C.[BaH2]. The summed E-state index contributed by atoms with van der Waals surface area (Å²) in [5, 5.41) is 18.6. The van der Waals surface area contributed by atoms with Crippen LogP contribution in [0.1, 0.15) is 59.8 Å². The molecule has 0 unspecified atom stereocenters. The van der Waals surface area contributed by atoms with Gasteiger partial charge in [-0.2, -0.15) is 0 Å². The van der Waals surface area contributed by atoms with Crippen LogP contribution in [0, 0.1) is 10.8 Å². The first-order chi connectivity index (χ1) is 7.70. The molecule has 0 aromatic heterocycles. The molecule has 0 bridgehead atoms. The third-order valence-corrected chi connectivity index (χ3v) is 3.42. The van der Waals surface area contributed by atoms with Crippen molar-refractivity contribution in [2.45, 2.75) is 59.8 Å². The van der Waals surface area contributed by atoms with E-state index in [-0.39, 0.29) is 55.3 Å². The Bertz CT molecular complexity index is 267. The van der Waals surface area contributed by atoms with E-state index in [0.29, 0.717) is 6.42 Å². The van der Waals surface area contributed by atoms with Crippen LogP contribution in [-0.4, -0.2) is 71.0 Å². The van der Waals surface area contributed by atoms with Gasteiger partial charge in [-0.05, 0) is 11.8 Å². The van der Waals surface area contributed by atoms with Gasteiger partial charge < -0.3 is 10.2 Å². The minimum atomic E-state index is -1.68. The first-order valence-corrected chi connectivity index (χ1v) is 6.17. The number of carboxylic acids is 2. The molecule has 0 aliphatic rings. The summed E-state index contributed by atoms with van der Waals surface area (Å²) in [4.78, 5) is 22.8. The molecular weight excluding hydrogens is 357 g/mol. The molecule has 0 aliphatic heterocycles. The Labute approximate surface area is 150 Å². The van der Waals surface area contributed by atoms with E-state index in [1.54, 1.807) is 20.8 Å². The quantitative estimate of drug-likeness (QED) is 0.402. The van der Waals surface area contributed by atoms with Crippen molar-refractivity contribution in [3.63, 3.8) is 0 Å². The predicted molar refractivity (Wildman–Crippen MR) is 74.5 cm³/mol. The van der Waals surface area contributed by atoms with Crippen molar-refractivity contribution in [3.8, 4) is 0 Å². The number of carbonyl (C=O) groups is 2. The number of aliphatic carboxylic acids is 2. The van der Waals surface area contributed by atoms with Gasteiger partial charge in [0.2, 0.25) is 0 Å². The Hall–Kier alpha value is 0.511. The minimum absolute atomic E-state index is 0. The summed E-state index contributed by atoms with van der Waals surface area (Å²) >= 11 is 0. The Morgan fingerprint density at radius 1 is 0.944 bits per heavy atom. The third-order valence-electron chi connectivity index (χ3n) is 3.42. The van der Waals surface area contributed by atoms with E-state index in [1.807, 2.05) is 0 Å². The molecule has 0 rings (SSSR count). The van der Waals surface area contributed by atoms with E-state index in [4.69, 9.17) is 0 Å².